The Morgan fingerprint density at radius 1 is 1.41 bits per heavy atom. The minimum Gasteiger partial charge on any atom is -0.330 e. The van der Waals surface area contributed by atoms with Crippen molar-refractivity contribution in [1.29, 1.82) is 0 Å². The first kappa shape index (κ1) is 15.6. The zero-order chi connectivity index (χ0) is 15.5. The first-order chi connectivity index (χ1) is 10.6. The lowest BCUT2D eigenvalue weighted by Crippen LogP contribution is -3.12. The molecule has 0 bridgehead atoms. The largest absolute Gasteiger partial charge is 0.330 e. The third-order valence-electron chi connectivity index (χ3n) is 4.23. The van der Waals surface area contributed by atoms with Crippen molar-refractivity contribution < 1.29 is 4.90 Å². The number of nitrogens with one attached hydrogen (secondary N) is 2. The van der Waals surface area contributed by atoms with Gasteiger partial charge in [-0.2, -0.15) is 4.68 Å². The van der Waals surface area contributed by atoms with Crippen LogP contribution in [0.3, 0.4) is 0 Å². The molecule has 118 valence electrons. The number of piperidine rings is 1. The van der Waals surface area contributed by atoms with Crippen molar-refractivity contribution in [1.82, 2.24) is 9.78 Å². The molecule has 4 nitrogen and oxygen atoms in total. The van der Waals surface area contributed by atoms with E-state index in [-0.39, 0.29) is 0 Å². The van der Waals surface area contributed by atoms with Gasteiger partial charge < -0.3 is 10.2 Å². The number of nitrogens with zero attached hydrogens (tertiary/aromatic N) is 2. The van der Waals surface area contributed by atoms with Crippen LogP contribution in [0.15, 0.2) is 24.3 Å². The Bertz CT molecular complexity index is 683. The molecule has 0 amide bonds. The van der Waals surface area contributed by atoms with Crippen LogP contribution >= 0.6 is 23.6 Å². The van der Waals surface area contributed by atoms with Crippen LogP contribution in [-0.4, -0.2) is 22.9 Å². The fourth-order valence-corrected chi connectivity index (χ4v) is 3.87. The summed E-state index contributed by atoms with van der Waals surface area (Å²) in [5.41, 5.74) is 2.30. The summed E-state index contributed by atoms with van der Waals surface area (Å²) in [6.07, 6.45) is 2.61. The maximum absolute atomic E-state index is 5.47. The van der Waals surface area contributed by atoms with E-state index >= 15 is 0 Å². The topological polar surface area (TPSA) is 34.3 Å². The van der Waals surface area contributed by atoms with Crippen LogP contribution in [0.4, 0.5) is 10.8 Å². The minimum atomic E-state index is 0.848. The van der Waals surface area contributed by atoms with Gasteiger partial charge in [0, 0.05) is 5.69 Å². The van der Waals surface area contributed by atoms with E-state index in [9.17, 15) is 0 Å². The Kier molecular flexibility index (Phi) is 4.90. The third kappa shape index (κ3) is 3.94. The van der Waals surface area contributed by atoms with E-state index in [2.05, 4.69) is 42.5 Å². The van der Waals surface area contributed by atoms with Gasteiger partial charge in [-0.3, -0.25) is 0 Å². The number of rotatable bonds is 4. The molecule has 1 aromatic carbocycles. The zero-order valence-corrected chi connectivity index (χ0v) is 14.8. The van der Waals surface area contributed by atoms with Gasteiger partial charge in [-0.15, -0.1) is 5.10 Å². The van der Waals surface area contributed by atoms with Crippen molar-refractivity contribution >= 4 is 34.4 Å². The molecule has 1 saturated heterocycles. The Morgan fingerprint density at radius 2 is 2.18 bits per heavy atom. The first-order valence-electron chi connectivity index (χ1n) is 7.85. The number of benzene rings is 1. The molecule has 0 aliphatic carbocycles. The lowest BCUT2D eigenvalue weighted by Gasteiger charge is -2.26. The molecular formula is C16H23N4S2+. The fraction of sp³-hybridized carbons (Fsp3) is 0.500. The van der Waals surface area contributed by atoms with Crippen LogP contribution in [0.1, 0.15) is 25.3 Å². The molecule has 2 heterocycles. The van der Waals surface area contributed by atoms with E-state index in [0.29, 0.717) is 0 Å². The average molecular weight is 336 g/mol. The quantitative estimate of drug-likeness (QED) is 0.843. The molecule has 1 aromatic heterocycles. The summed E-state index contributed by atoms with van der Waals surface area (Å²) in [5.74, 6) is 0.866. The maximum Gasteiger partial charge on any atom is 0.209 e. The standard InChI is InChI=1S/C16H22N4S2/c1-12-6-8-19(9-7-12)11-20-16(21)22-15(18-20)17-14-5-3-4-13(2)10-14/h3-5,10,12H,6-9,11H2,1-2H3,(H,17,18)/p+1. The zero-order valence-electron chi connectivity index (χ0n) is 13.1. The molecule has 2 aromatic rings. The van der Waals surface area contributed by atoms with Crippen LogP contribution in [0.25, 0.3) is 0 Å². The summed E-state index contributed by atoms with van der Waals surface area (Å²) >= 11 is 7.02. The van der Waals surface area contributed by atoms with Gasteiger partial charge in [0.15, 0.2) is 10.6 Å². The highest BCUT2D eigenvalue weighted by Gasteiger charge is 2.20. The van der Waals surface area contributed by atoms with Gasteiger partial charge in [-0.1, -0.05) is 30.4 Å². The highest BCUT2D eigenvalue weighted by atomic mass is 32.1. The van der Waals surface area contributed by atoms with E-state index in [1.807, 2.05) is 10.7 Å². The fourth-order valence-electron chi connectivity index (χ4n) is 2.84. The molecule has 0 spiro atoms. The van der Waals surface area contributed by atoms with E-state index in [0.717, 1.165) is 27.4 Å². The highest BCUT2D eigenvalue weighted by molar-refractivity contribution is 7.73. The average Bonchev–Trinajstić information content (AvgIpc) is 2.81. The summed E-state index contributed by atoms with van der Waals surface area (Å²) in [7, 11) is 0. The van der Waals surface area contributed by atoms with Gasteiger partial charge in [0.2, 0.25) is 5.13 Å². The van der Waals surface area contributed by atoms with Crippen LogP contribution < -0.4 is 10.2 Å². The summed E-state index contributed by atoms with van der Waals surface area (Å²) < 4.78 is 2.82. The number of aryl methyl sites for hydroxylation is 1. The molecule has 22 heavy (non-hydrogen) atoms. The molecule has 1 aliphatic rings. The molecule has 0 radical (unpaired) electrons. The molecule has 0 unspecified atom stereocenters. The maximum atomic E-state index is 5.47. The smallest absolute Gasteiger partial charge is 0.209 e. The van der Waals surface area contributed by atoms with Crippen molar-refractivity contribution in [3.05, 3.63) is 33.8 Å². The Balaban J connectivity index is 1.67. The second-order valence-electron chi connectivity index (χ2n) is 6.26. The summed E-state index contributed by atoms with van der Waals surface area (Å²) in [5, 5.41) is 8.88. The summed E-state index contributed by atoms with van der Waals surface area (Å²) in [4.78, 5) is 1.58. The van der Waals surface area contributed by atoms with Crippen LogP contribution in [-0.2, 0) is 6.67 Å². The normalized spacial score (nSPS) is 21.7. The second kappa shape index (κ2) is 6.89. The molecule has 0 atom stereocenters. The monoisotopic (exact) mass is 335 g/mol. The molecule has 0 saturated carbocycles. The van der Waals surface area contributed by atoms with E-state index in [1.54, 1.807) is 16.2 Å². The number of aromatic nitrogens is 2. The van der Waals surface area contributed by atoms with Gasteiger partial charge in [0.1, 0.15) is 0 Å². The number of likely N-dealkylation sites (tertiary alicyclic amines) is 1. The Hall–Kier alpha value is -1.24. The van der Waals surface area contributed by atoms with E-state index < -0.39 is 0 Å². The Morgan fingerprint density at radius 3 is 2.91 bits per heavy atom. The van der Waals surface area contributed by atoms with Gasteiger partial charge >= 0.3 is 0 Å². The SMILES string of the molecule is Cc1cccc(Nc2nn(C[NH+]3CCC(C)CC3)c(=S)s2)c1. The third-order valence-corrected chi connectivity index (χ3v) is 5.45. The van der Waals surface area contributed by atoms with Gasteiger partial charge in [-0.05, 0) is 55.6 Å². The lowest BCUT2D eigenvalue weighted by molar-refractivity contribution is -0.929. The molecule has 6 heteroatoms. The van der Waals surface area contributed by atoms with Crippen LogP contribution in [0, 0.1) is 16.8 Å². The van der Waals surface area contributed by atoms with Gasteiger partial charge in [-0.25, -0.2) is 0 Å². The number of quaternary nitrogens is 1. The van der Waals surface area contributed by atoms with Crippen LogP contribution in [0.5, 0.6) is 0 Å². The van der Waals surface area contributed by atoms with Crippen molar-refractivity contribution in [2.24, 2.45) is 5.92 Å². The van der Waals surface area contributed by atoms with E-state index in [4.69, 9.17) is 12.2 Å². The van der Waals surface area contributed by atoms with Gasteiger partial charge in [0.25, 0.3) is 0 Å². The molecule has 1 fully saturated rings. The summed E-state index contributed by atoms with van der Waals surface area (Å²) in [6, 6.07) is 8.31. The number of anilines is 2. The predicted molar refractivity (Wildman–Crippen MR) is 94.5 cm³/mol. The van der Waals surface area contributed by atoms with Crippen molar-refractivity contribution in [2.45, 2.75) is 33.4 Å². The Labute approximate surface area is 140 Å². The number of hydrogen-bond acceptors (Lipinski definition) is 4. The highest BCUT2D eigenvalue weighted by Crippen LogP contribution is 2.20. The van der Waals surface area contributed by atoms with Crippen molar-refractivity contribution in [3.63, 3.8) is 0 Å². The number of hydrogen-bond donors (Lipinski definition) is 2. The molecule has 2 N–H and O–H groups in total. The predicted octanol–water partition coefficient (Wildman–Crippen LogP) is 3.00. The molecule has 1 aliphatic heterocycles. The lowest BCUT2D eigenvalue weighted by atomic mass is 10.00. The summed E-state index contributed by atoms with van der Waals surface area (Å²) in [6.45, 7) is 7.77. The molecular weight excluding hydrogens is 312 g/mol. The van der Waals surface area contributed by atoms with Crippen molar-refractivity contribution in [3.8, 4) is 0 Å². The first-order valence-corrected chi connectivity index (χ1v) is 9.08. The van der Waals surface area contributed by atoms with Gasteiger partial charge in [0.05, 0.1) is 13.1 Å². The van der Waals surface area contributed by atoms with Crippen LogP contribution in [0.2, 0.25) is 0 Å². The van der Waals surface area contributed by atoms with Crippen molar-refractivity contribution in [2.75, 3.05) is 18.4 Å². The van der Waals surface area contributed by atoms with E-state index in [1.165, 1.54) is 31.5 Å². The minimum absolute atomic E-state index is 0.848. The molecule has 3 rings (SSSR count). The second-order valence-corrected chi connectivity index (χ2v) is 7.88.